The second-order valence-electron chi connectivity index (χ2n) is 7.91. The van der Waals surface area contributed by atoms with E-state index in [1.807, 2.05) is 19.1 Å². The molecule has 4 rings (SSSR count). The molecule has 1 N–H and O–H groups in total. The molecule has 0 saturated carbocycles. The van der Waals surface area contributed by atoms with Crippen molar-refractivity contribution in [1.29, 1.82) is 0 Å². The van der Waals surface area contributed by atoms with Gasteiger partial charge in [0.2, 0.25) is 5.91 Å². The smallest absolute Gasteiger partial charge is 0.240 e. The summed E-state index contributed by atoms with van der Waals surface area (Å²) in [6, 6.07) is 12.5. The van der Waals surface area contributed by atoms with Gasteiger partial charge >= 0.3 is 0 Å². The molecule has 0 unspecified atom stereocenters. The van der Waals surface area contributed by atoms with E-state index in [2.05, 4.69) is 46.4 Å². The number of likely N-dealkylation sites (tertiary alicyclic amines) is 1. The molecule has 144 valence electrons. The largest absolute Gasteiger partial charge is 0.461 e. The third-order valence-electron chi connectivity index (χ3n) is 6.21. The van der Waals surface area contributed by atoms with Crippen LogP contribution in [0.1, 0.15) is 30.6 Å². The summed E-state index contributed by atoms with van der Waals surface area (Å²) in [7, 11) is 2.11. The first kappa shape index (κ1) is 18.3. The Morgan fingerprint density at radius 1 is 1.11 bits per heavy atom. The van der Waals surface area contributed by atoms with Gasteiger partial charge < -0.3 is 9.73 Å². The van der Waals surface area contributed by atoms with E-state index in [0.29, 0.717) is 0 Å². The number of benzene rings is 1. The highest BCUT2D eigenvalue weighted by Gasteiger charge is 2.45. The Labute approximate surface area is 161 Å². The molecule has 2 saturated heterocycles. The lowest BCUT2D eigenvalue weighted by Gasteiger charge is -2.45. The number of nitrogens with zero attached hydrogens (tertiary/aromatic N) is 2. The van der Waals surface area contributed by atoms with Crippen LogP contribution in [0.25, 0.3) is 11.3 Å². The molecule has 2 fully saturated rings. The molecule has 1 spiro atoms. The average Bonchev–Trinajstić information content (AvgIpc) is 3.06. The minimum Gasteiger partial charge on any atom is -0.461 e. The summed E-state index contributed by atoms with van der Waals surface area (Å²) >= 11 is 0. The third-order valence-corrected chi connectivity index (χ3v) is 6.21. The first-order chi connectivity index (χ1) is 13.1. The second-order valence-corrected chi connectivity index (χ2v) is 7.91. The van der Waals surface area contributed by atoms with Crippen molar-refractivity contribution >= 4 is 5.91 Å². The molecule has 1 aromatic carbocycles. The van der Waals surface area contributed by atoms with Crippen LogP contribution < -0.4 is 5.32 Å². The molecule has 0 radical (unpaired) electrons. The quantitative estimate of drug-likeness (QED) is 0.906. The van der Waals surface area contributed by atoms with E-state index in [9.17, 15) is 4.79 Å². The van der Waals surface area contributed by atoms with E-state index in [-0.39, 0.29) is 11.4 Å². The number of hydrogen-bond donors (Lipinski definition) is 1. The molecular formula is C22H29N3O2. The first-order valence-electron chi connectivity index (χ1n) is 9.95. The van der Waals surface area contributed by atoms with Crippen LogP contribution in [0.4, 0.5) is 0 Å². The molecule has 1 amide bonds. The molecule has 2 aromatic rings. The average molecular weight is 367 g/mol. The molecule has 0 aliphatic carbocycles. The molecule has 1 aromatic heterocycles. The number of nitrogens with one attached hydrogen (secondary N) is 1. The zero-order valence-electron chi connectivity index (χ0n) is 16.3. The second kappa shape index (κ2) is 7.49. The fourth-order valence-corrected chi connectivity index (χ4v) is 4.48. The normalized spacial score (nSPS) is 21.2. The monoisotopic (exact) mass is 367 g/mol. The Morgan fingerprint density at radius 3 is 2.63 bits per heavy atom. The SMILES string of the molecule is Cc1ccc(-c2ccccc2CN2CCC3(CC2)C(=O)NCCCN3C)o1. The molecule has 3 heterocycles. The van der Waals surface area contributed by atoms with Crippen molar-refractivity contribution in [2.45, 2.75) is 38.3 Å². The lowest BCUT2D eigenvalue weighted by molar-refractivity contribution is -0.134. The fraction of sp³-hybridized carbons (Fsp3) is 0.500. The summed E-state index contributed by atoms with van der Waals surface area (Å²) in [4.78, 5) is 17.5. The van der Waals surface area contributed by atoms with Gasteiger partial charge in [-0.25, -0.2) is 0 Å². The number of piperidine rings is 1. The van der Waals surface area contributed by atoms with E-state index < -0.39 is 0 Å². The maximum atomic E-state index is 12.7. The number of amides is 1. The highest BCUT2D eigenvalue weighted by Crippen LogP contribution is 2.32. The number of carbonyl (C=O) groups excluding carboxylic acids is 1. The van der Waals surface area contributed by atoms with Crippen molar-refractivity contribution in [3.8, 4) is 11.3 Å². The van der Waals surface area contributed by atoms with Crippen LogP contribution in [-0.4, -0.2) is 54.5 Å². The minimum atomic E-state index is -0.329. The van der Waals surface area contributed by atoms with E-state index in [1.165, 1.54) is 5.56 Å². The number of aryl methyl sites for hydroxylation is 1. The van der Waals surface area contributed by atoms with Crippen LogP contribution in [-0.2, 0) is 11.3 Å². The lowest BCUT2D eigenvalue weighted by atomic mass is 9.85. The van der Waals surface area contributed by atoms with Gasteiger partial charge in [-0.1, -0.05) is 24.3 Å². The predicted octanol–water partition coefficient (Wildman–Crippen LogP) is 3.04. The summed E-state index contributed by atoms with van der Waals surface area (Å²) in [5.74, 6) is 2.08. The van der Waals surface area contributed by atoms with Crippen molar-refractivity contribution in [2.75, 3.05) is 33.2 Å². The van der Waals surface area contributed by atoms with E-state index >= 15 is 0 Å². The molecule has 0 bridgehead atoms. The Morgan fingerprint density at radius 2 is 1.89 bits per heavy atom. The van der Waals surface area contributed by atoms with Gasteiger partial charge in [-0.15, -0.1) is 0 Å². The van der Waals surface area contributed by atoms with Crippen LogP contribution in [0.3, 0.4) is 0 Å². The Bertz CT molecular complexity index is 805. The zero-order chi connectivity index (χ0) is 18.9. The van der Waals surface area contributed by atoms with Gasteiger partial charge in [0, 0.05) is 38.3 Å². The maximum absolute atomic E-state index is 12.7. The van der Waals surface area contributed by atoms with Gasteiger partial charge in [-0.3, -0.25) is 14.6 Å². The van der Waals surface area contributed by atoms with Crippen LogP contribution in [0.2, 0.25) is 0 Å². The summed E-state index contributed by atoms with van der Waals surface area (Å²) < 4.78 is 5.85. The molecule has 27 heavy (non-hydrogen) atoms. The number of carbonyl (C=O) groups is 1. The molecule has 2 aliphatic heterocycles. The zero-order valence-corrected chi connectivity index (χ0v) is 16.3. The van der Waals surface area contributed by atoms with E-state index in [1.54, 1.807) is 0 Å². The highest BCUT2D eigenvalue weighted by molar-refractivity contribution is 5.86. The molecular weight excluding hydrogens is 338 g/mol. The molecule has 5 nitrogen and oxygen atoms in total. The topological polar surface area (TPSA) is 48.7 Å². The van der Waals surface area contributed by atoms with Gasteiger partial charge in [-0.05, 0) is 50.9 Å². The summed E-state index contributed by atoms with van der Waals surface area (Å²) in [6.07, 6.45) is 2.80. The van der Waals surface area contributed by atoms with Crippen LogP contribution in [0.15, 0.2) is 40.8 Å². The molecule has 2 aliphatic rings. The minimum absolute atomic E-state index is 0.216. The Balaban J connectivity index is 1.48. The van der Waals surface area contributed by atoms with Gasteiger partial charge in [0.1, 0.15) is 17.1 Å². The van der Waals surface area contributed by atoms with Crippen molar-refractivity contribution < 1.29 is 9.21 Å². The number of furan rings is 1. The first-order valence-corrected chi connectivity index (χ1v) is 9.95. The lowest BCUT2D eigenvalue weighted by Crippen LogP contribution is -2.60. The number of rotatable bonds is 3. The van der Waals surface area contributed by atoms with Crippen molar-refractivity contribution in [3.05, 3.63) is 47.7 Å². The van der Waals surface area contributed by atoms with Gasteiger partial charge in [0.05, 0.1) is 0 Å². The number of likely N-dealkylation sites (N-methyl/N-ethyl adjacent to an activating group) is 1. The van der Waals surface area contributed by atoms with E-state index in [0.717, 1.165) is 69.1 Å². The van der Waals surface area contributed by atoms with Gasteiger partial charge in [-0.2, -0.15) is 0 Å². The molecule has 0 atom stereocenters. The molecule has 5 heteroatoms. The van der Waals surface area contributed by atoms with Crippen LogP contribution in [0.5, 0.6) is 0 Å². The highest BCUT2D eigenvalue weighted by atomic mass is 16.3. The van der Waals surface area contributed by atoms with E-state index in [4.69, 9.17) is 4.42 Å². The Hall–Kier alpha value is -2.11. The number of hydrogen-bond acceptors (Lipinski definition) is 4. The van der Waals surface area contributed by atoms with Crippen molar-refractivity contribution in [3.63, 3.8) is 0 Å². The van der Waals surface area contributed by atoms with Gasteiger partial charge in [0.15, 0.2) is 0 Å². The summed E-state index contributed by atoms with van der Waals surface area (Å²) in [5, 5.41) is 3.12. The maximum Gasteiger partial charge on any atom is 0.240 e. The predicted molar refractivity (Wildman–Crippen MR) is 106 cm³/mol. The van der Waals surface area contributed by atoms with Gasteiger partial charge in [0.25, 0.3) is 0 Å². The third kappa shape index (κ3) is 3.54. The van der Waals surface area contributed by atoms with Crippen LogP contribution >= 0.6 is 0 Å². The summed E-state index contributed by atoms with van der Waals surface area (Å²) in [6.45, 7) is 6.51. The Kier molecular flexibility index (Phi) is 5.06. The fourth-order valence-electron chi connectivity index (χ4n) is 4.48. The standard InChI is InChI=1S/C22H29N3O2/c1-17-8-9-20(27-17)19-7-4-3-6-18(19)16-25-14-10-22(11-15-25)21(26)23-12-5-13-24(22)2/h3-4,6-9H,5,10-16H2,1-2H3,(H,23,26). The van der Waals surface area contributed by atoms with Crippen molar-refractivity contribution in [1.82, 2.24) is 15.1 Å². The van der Waals surface area contributed by atoms with Crippen molar-refractivity contribution in [2.24, 2.45) is 0 Å². The van der Waals surface area contributed by atoms with Crippen LogP contribution in [0, 0.1) is 6.92 Å². The summed E-state index contributed by atoms with van der Waals surface area (Å²) in [5.41, 5.74) is 2.11.